The monoisotopic (exact) mass is 821 g/mol. The third-order valence-corrected chi connectivity index (χ3v) is 14.0. The summed E-state index contributed by atoms with van der Waals surface area (Å²) < 4.78 is 2.47. The zero-order chi connectivity index (χ0) is 42.6. The van der Waals surface area contributed by atoms with Crippen LogP contribution < -0.4 is 0 Å². The second-order valence-corrected chi connectivity index (χ2v) is 17.6. The highest BCUT2D eigenvalue weighted by Gasteiger charge is 2.20. The van der Waals surface area contributed by atoms with Crippen molar-refractivity contribution in [1.29, 1.82) is 0 Å². The van der Waals surface area contributed by atoms with Crippen molar-refractivity contribution >= 4 is 97.2 Å². The lowest BCUT2D eigenvalue weighted by Gasteiger charge is -2.19. The van der Waals surface area contributed by atoms with Crippen molar-refractivity contribution in [3.63, 3.8) is 0 Å². The van der Waals surface area contributed by atoms with E-state index in [1.165, 1.54) is 136 Å². The second-order valence-electron chi connectivity index (χ2n) is 17.6. The molecule has 14 rings (SSSR count). The van der Waals surface area contributed by atoms with Crippen LogP contribution in [-0.2, 0) is 0 Å². The van der Waals surface area contributed by atoms with E-state index < -0.39 is 0 Å². The molecule has 1 heterocycles. The van der Waals surface area contributed by atoms with Crippen LogP contribution in [0.1, 0.15) is 0 Å². The summed E-state index contributed by atoms with van der Waals surface area (Å²) in [7, 11) is 0. The Kier molecular flexibility index (Phi) is 7.75. The van der Waals surface area contributed by atoms with E-state index in [1.54, 1.807) is 0 Å². The molecule has 0 N–H and O–H groups in total. The standard InChI is InChI=1S/C64H39N/c1-2-15-43(16-3-1)61-55-20-10-11-21-56(55)62(57-31-27-48(39-58(57)61)45-23-22-40-12-4-5-17-44(40)34-45)49-25-24-46-36-51-38-52(30-26-47(51)35-50(46)37-49)65-59-32-28-41-13-6-8-18-53(41)63(59)64-54-19-9-7-14-42(54)29-33-60(64)65/h1-39H. The highest BCUT2D eigenvalue weighted by molar-refractivity contribution is 6.29. The minimum atomic E-state index is 1.17. The van der Waals surface area contributed by atoms with E-state index in [0.717, 1.165) is 0 Å². The molecule has 13 aromatic carbocycles. The van der Waals surface area contributed by atoms with Gasteiger partial charge >= 0.3 is 0 Å². The van der Waals surface area contributed by atoms with Crippen LogP contribution >= 0.6 is 0 Å². The minimum Gasteiger partial charge on any atom is -0.309 e. The molecule has 0 amide bonds. The molecule has 1 heteroatoms. The van der Waals surface area contributed by atoms with Gasteiger partial charge in [-0.25, -0.2) is 0 Å². The van der Waals surface area contributed by atoms with Crippen molar-refractivity contribution in [2.24, 2.45) is 0 Å². The number of hydrogen-bond acceptors (Lipinski definition) is 0. The summed E-state index contributed by atoms with van der Waals surface area (Å²) in [6.07, 6.45) is 0. The van der Waals surface area contributed by atoms with Crippen molar-refractivity contribution in [3.8, 4) is 39.1 Å². The average Bonchev–Trinajstić information content (AvgIpc) is 3.72. The lowest BCUT2D eigenvalue weighted by molar-refractivity contribution is 1.19. The lowest BCUT2D eigenvalue weighted by atomic mass is 9.84. The Bertz CT molecular complexity index is 4190. The molecule has 0 aliphatic heterocycles. The van der Waals surface area contributed by atoms with Crippen LogP contribution in [0, 0.1) is 0 Å². The largest absolute Gasteiger partial charge is 0.309 e. The number of aromatic nitrogens is 1. The van der Waals surface area contributed by atoms with E-state index in [1.807, 2.05) is 0 Å². The zero-order valence-corrected chi connectivity index (χ0v) is 35.5. The molecule has 14 aromatic rings. The SMILES string of the molecule is c1ccc(-c2c3ccccc3c(-c3ccc4cc5cc(-n6c7ccc8ccccc8c7c7c8ccccc8ccc76)ccc5cc4c3)c3ccc(-c4ccc5ccccc5c4)cc23)cc1. The van der Waals surface area contributed by atoms with E-state index in [4.69, 9.17) is 0 Å². The van der Waals surface area contributed by atoms with Gasteiger partial charge in [-0.2, -0.15) is 0 Å². The number of benzene rings is 13. The van der Waals surface area contributed by atoms with Gasteiger partial charge in [-0.3, -0.25) is 0 Å². The van der Waals surface area contributed by atoms with Crippen LogP contribution in [0.3, 0.4) is 0 Å². The molecule has 1 nitrogen and oxygen atoms in total. The second kappa shape index (κ2) is 14.0. The molecule has 0 unspecified atom stereocenters. The van der Waals surface area contributed by atoms with Gasteiger partial charge in [-0.1, -0.05) is 182 Å². The molecular weight excluding hydrogens is 783 g/mol. The van der Waals surface area contributed by atoms with Gasteiger partial charge in [0.25, 0.3) is 0 Å². The van der Waals surface area contributed by atoms with Gasteiger partial charge in [-0.15, -0.1) is 0 Å². The van der Waals surface area contributed by atoms with Crippen molar-refractivity contribution < 1.29 is 0 Å². The van der Waals surface area contributed by atoms with E-state index in [-0.39, 0.29) is 0 Å². The Balaban J connectivity index is 0.955. The number of hydrogen-bond donors (Lipinski definition) is 0. The Labute approximate surface area is 375 Å². The summed E-state index contributed by atoms with van der Waals surface area (Å²) in [5, 5.41) is 20.2. The van der Waals surface area contributed by atoms with Crippen LogP contribution in [0.5, 0.6) is 0 Å². The third-order valence-electron chi connectivity index (χ3n) is 14.0. The number of fused-ring (bicyclic) bond motifs is 12. The topological polar surface area (TPSA) is 4.93 Å². The van der Waals surface area contributed by atoms with Gasteiger partial charge in [0.2, 0.25) is 0 Å². The van der Waals surface area contributed by atoms with Crippen LogP contribution in [-0.4, -0.2) is 4.57 Å². The van der Waals surface area contributed by atoms with Gasteiger partial charge in [0.05, 0.1) is 11.0 Å². The predicted molar refractivity (Wildman–Crippen MR) is 280 cm³/mol. The molecule has 0 aliphatic carbocycles. The molecule has 65 heavy (non-hydrogen) atoms. The summed E-state index contributed by atoms with van der Waals surface area (Å²) in [5.41, 5.74) is 11.0. The predicted octanol–water partition coefficient (Wildman–Crippen LogP) is 17.9. The van der Waals surface area contributed by atoms with Crippen LogP contribution in [0.2, 0.25) is 0 Å². The summed E-state index contributed by atoms with van der Waals surface area (Å²) in [4.78, 5) is 0. The quantitative estimate of drug-likeness (QED) is 0.156. The lowest BCUT2D eigenvalue weighted by Crippen LogP contribution is -1.94. The first-order chi connectivity index (χ1) is 32.2. The van der Waals surface area contributed by atoms with E-state index in [2.05, 4.69) is 241 Å². The molecule has 0 bridgehead atoms. The number of rotatable bonds is 4. The summed E-state index contributed by atoms with van der Waals surface area (Å²) >= 11 is 0. The third kappa shape index (κ3) is 5.52. The molecule has 300 valence electrons. The van der Waals surface area contributed by atoms with Crippen LogP contribution in [0.4, 0.5) is 0 Å². The van der Waals surface area contributed by atoms with Crippen molar-refractivity contribution in [3.05, 3.63) is 237 Å². The van der Waals surface area contributed by atoms with Gasteiger partial charge < -0.3 is 4.57 Å². The zero-order valence-electron chi connectivity index (χ0n) is 35.5. The maximum absolute atomic E-state index is 2.47. The van der Waals surface area contributed by atoms with Crippen molar-refractivity contribution in [2.45, 2.75) is 0 Å². The van der Waals surface area contributed by atoms with E-state index in [0.29, 0.717) is 0 Å². The molecule has 0 saturated carbocycles. The average molecular weight is 822 g/mol. The van der Waals surface area contributed by atoms with Gasteiger partial charge in [0.1, 0.15) is 0 Å². The van der Waals surface area contributed by atoms with Crippen molar-refractivity contribution in [1.82, 2.24) is 4.57 Å². The molecule has 0 atom stereocenters. The van der Waals surface area contributed by atoms with E-state index in [9.17, 15) is 0 Å². The first kappa shape index (κ1) is 36.0. The Hall–Kier alpha value is -8.52. The Morgan fingerprint density at radius 3 is 1.35 bits per heavy atom. The molecule has 0 fully saturated rings. The van der Waals surface area contributed by atoms with Gasteiger partial charge in [-0.05, 0) is 163 Å². The Morgan fingerprint density at radius 1 is 0.215 bits per heavy atom. The highest BCUT2D eigenvalue weighted by atomic mass is 15.0. The smallest absolute Gasteiger partial charge is 0.0547 e. The first-order valence-electron chi connectivity index (χ1n) is 22.6. The minimum absolute atomic E-state index is 1.17. The van der Waals surface area contributed by atoms with Gasteiger partial charge in [0.15, 0.2) is 0 Å². The van der Waals surface area contributed by atoms with Crippen molar-refractivity contribution in [2.75, 3.05) is 0 Å². The molecule has 0 spiro atoms. The normalized spacial score (nSPS) is 12.0. The summed E-state index contributed by atoms with van der Waals surface area (Å²) in [6.45, 7) is 0. The fourth-order valence-electron chi connectivity index (χ4n) is 11.1. The first-order valence-corrected chi connectivity index (χ1v) is 22.6. The molecular formula is C64H39N. The van der Waals surface area contributed by atoms with Crippen LogP contribution in [0.25, 0.3) is 136 Å². The number of nitrogens with zero attached hydrogens (tertiary/aromatic N) is 1. The summed E-state index contributed by atoms with van der Waals surface area (Å²) in [5.74, 6) is 0. The van der Waals surface area contributed by atoms with Crippen LogP contribution in [0.15, 0.2) is 237 Å². The fraction of sp³-hybridized carbons (Fsp3) is 0. The maximum atomic E-state index is 2.47. The Morgan fingerprint density at radius 2 is 0.662 bits per heavy atom. The highest BCUT2D eigenvalue weighted by Crippen LogP contribution is 2.46. The fourth-order valence-corrected chi connectivity index (χ4v) is 11.1. The summed E-state index contributed by atoms with van der Waals surface area (Å²) in [6, 6.07) is 88.0. The molecule has 0 aliphatic rings. The molecule has 0 radical (unpaired) electrons. The maximum Gasteiger partial charge on any atom is 0.0547 e. The molecule has 1 aromatic heterocycles. The molecule has 0 saturated heterocycles. The van der Waals surface area contributed by atoms with E-state index >= 15 is 0 Å². The van der Waals surface area contributed by atoms with Gasteiger partial charge in [0, 0.05) is 16.5 Å².